The van der Waals surface area contributed by atoms with E-state index in [-0.39, 0.29) is 43.1 Å². The Hall–Kier alpha value is -4.53. The van der Waals surface area contributed by atoms with Gasteiger partial charge in [0.15, 0.2) is 0 Å². The molecule has 3 aliphatic heterocycles. The third-order valence-electron chi connectivity index (χ3n) is 9.76. The van der Waals surface area contributed by atoms with E-state index in [1.165, 1.54) is 36.9 Å². The summed E-state index contributed by atoms with van der Waals surface area (Å²) in [5.74, 6) is -0.188. The van der Waals surface area contributed by atoms with Gasteiger partial charge in [0.25, 0.3) is 17.0 Å². The number of aliphatic hydroxyl groups excluding tert-OH is 1. The predicted molar refractivity (Wildman–Crippen MR) is 204 cm³/mol. The van der Waals surface area contributed by atoms with E-state index in [9.17, 15) is 33.9 Å². The molecular weight excluding hydrogens is 789 g/mol. The Morgan fingerprint density at radius 1 is 0.930 bits per heavy atom. The van der Waals surface area contributed by atoms with Crippen LogP contribution in [0, 0.1) is 13.8 Å². The number of hydrogen-bond donors (Lipinski definition) is 3. The van der Waals surface area contributed by atoms with Crippen LogP contribution in [-0.2, 0) is 44.3 Å². The zero-order chi connectivity index (χ0) is 40.9. The molecule has 1 aromatic carbocycles. The summed E-state index contributed by atoms with van der Waals surface area (Å²) in [5.41, 5.74) is -1.62. The Bertz CT molecular complexity index is 2230. The molecule has 8 atom stereocenters. The highest BCUT2D eigenvalue weighted by Gasteiger charge is 2.45. The van der Waals surface area contributed by atoms with Gasteiger partial charge in [0.1, 0.15) is 37.4 Å². The molecule has 3 N–H and O–H groups in total. The van der Waals surface area contributed by atoms with Crippen molar-refractivity contribution in [2.75, 3.05) is 33.0 Å². The monoisotopic (exact) mass is 833 g/mol. The SMILES string of the molecule is C=CCOC(=O)O[C@@H]1CC(n2cc(C)c(=O)[nH]c2=O)OC1COP(=S)(OC[C@@H]1CCCN1C(=O)c1ccccc1)O[C@@H]1CC(n2cc(C)c(=O)[nH]c2=O)OC1CO. The van der Waals surface area contributed by atoms with Crippen molar-refractivity contribution in [3.8, 4) is 0 Å². The smallest absolute Gasteiger partial charge is 0.430 e. The molecule has 5 heterocycles. The standard InChI is InChI=1S/C36H44N5O14PS/c1-4-13-49-36(48)54-25-14-29(40-16-21(2)31(43)37-34(40)46)53-28(25)20-51-56(57,50-19-24-11-8-12-39(24)33(45)23-9-6-5-7-10-23)55-26-15-30(52-27(26)18-42)41-17-22(3)32(44)38-35(41)47/h4-7,9-10,16-17,24-30,42H,1,8,11-15,18-20H2,2-3H3,(H,37,43,46)(H,38,44,47)/t24-,25+,26+,27?,28?,29?,30?,56?/m0/s1. The van der Waals surface area contributed by atoms with Crippen LogP contribution in [-0.4, -0.2) is 105 Å². The first-order chi connectivity index (χ1) is 27.3. The molecule has 0 radical (unpaired) electrons. The minimum atomic E-state index is -3.92. The average Bonchev–Trinajstić information content (AvgIpc) is 3.94. The molecule has 0 saturated carbocycles. The topological polar surface area (TPSA) is 232 Å². The number of hydrogen-bond acceptors (Lipinski definition) is 15. The second-order valence-electron chi connectivity index (χ2n) is 13.7. The molecule has 0 bridgehead atoms. The van der Waals surface area contributed by atoms with Crippen LogP contribution in [0.2, 0.25) is 0 Å². The molecule has 3 saturated heterocycles. The van der Waals surface area contributed by atoms with E-state index >= 15 is 0 Å². The quantitative estimate of drug-likeness (QED) is 0.113. The molecule has 57 heavy (non-hydrogen) atoms. The van der Waals surface area contributed by atoms with Crippen LogP contribution in [0.1, 0.15) is 59.6 Å². The number of H-pyrrole nitrogens is 2. The van der Waals surface area contributed by atoms with Gasteiger partial charge in [-0.05, 0) is 50.6 Å². The van der Waals surface area contributed by atoms with Gasteiger partial charge in [-0.25, -0.2) is 14.4 Å². The fourth-order valence-corrected chi connectivity index (χ4v) is 8.94. The molecule has 21 heteroatoms. The normalized spacial score (nSPS) is 25.6. The fourth-order valence-electron chi connectivity index (χ4n) is 6.80. The lowest BCUT2D eigenvalue weighted by molar-refractivity contribution is -0.0613. The number of carbonyl (C=O) groups is 2. The Morgan fingerprint density at radius 3 is 2.14 bits per heavy atom. The fraction of sp³-hybridized carbons (Fsp3) is 0.500. The first-order valence-electron chi connectivity index (χ1n) is 18.2. The van der Waals surface area contributed by atoms with Crippen molar-refractivity contribution < 1.29 is 47.2 Å². The second-order valence-corrected chi connectivity index (χ2v) is 16.7. The van der Waals surface area contributed by atoms with Crippen LogP contribution in [0.4, 0.5) is 4.79 Å². The minimum absolute atomic E-state index is 0.0128. The first-order valence-corrected chi connectivity index (χ1v) is 20.8. The van der Waals surface area contributed by atoms with Gasteiger partial charge >= 0.3 is 24.3 Å². The number of carbonyl (C=O) groups excluding carboxylic acids is 2. The molecule has 1 amide bonds. The minimum Gasteiger partial charge on any atom is -0.430 e. The van der Waals surface area contributed by atoms with Crippen LogP contribution < -0.4 is 22.5 Å². The number of nitrogens with one attached hydrogen (secondary N) is 2. The van der Waals surface area contributed by atoms with Crippen molar-refractivity contribution in [3.05, 3.63) is 114 Å². The first kappa shape index (κ1) is 42.1. The summed E-state index contributed by atoms with van der Waals surface area (Å²) in [4.78, 5) is 81.8. The summed E-state index contributed by atoms with van der Waals surface area (Å²) in [6.45, 7) is 1.95. The van der Waals surface area contributed by atoms with Gasteiger partial charge < -0.3 is 42.5 Å². The highest BCUT2D eigenvalue weighted by molar-refractivity contribution is 8.07. The molecular formula is C36H44N5O14PS. The summed E-state index contributed by atoms with van der Waals surface area (Å²) in [6, 6.07) is 8.39. The van der Waals surface area contributed by atoms with Crippen LogP contribution in [0.25, 0.3) is 0 Å². The summed E-state index contributed by atoms with van der Waals surface area (Å²) in [6.07, 6.45) is -1.90. The highest BCUT2D eigenvalue weighted by Crippen LogP contribution is 2.54. The van der Waals surface area contributed by atoms with Crippen molar-refractivity contribution in [1.82, 2.24) is 24.0 Å². The molecule has 19 nitrogen and oxygen atoms in total. The molecule has 3 fully saturated rings. The van der Waals surface area contributed by atoms with Crippen LogP contribution >= 0.6 is 6.72 Å². The number of nitrogens with zero attached hydrogens (tertiary/aromatic N) is 3. The van der Waals surface area contributed by atoms with E-state index in [4.69, 9.17) is 44.3 Å². The number of ether oxygens (including phenoxy) is 4. The van der Waals surface area contributed by atoms with Crippen LogP contribution in [0.5, 0.6) is 0 Å². The Labute approximate surface area is 330 Å². The summed E-state index contributed by atoms with van der Waals surface area (Å²) >= 11 is 5.98. The molecule has 308 valence electrons. The molecule has 2 aromatic heterocycles. The molecule has 3 aromatic rings. The van der Waals surface area contributed by atoms with Gasteiger partial charge in [0.05, 0.1) is 32.0 Å². The van der Waals surface area contributed by atoms with Crippen molar-refractivity contribution in [3.63, 3.8) is 0 Å². The van der Waals surface area contributed by atoms with Crippen LogP contribution in [0.3, 0.4) is 0 Å². The second kappa shape index (κ2) is 18.4. The van der Waals surface area contributed by atoms with Crippen molar-refractivity contribution >= 4 is 30.6 Å². The van der Waals surface area contributed by atoms with Gasteiger partial charge in [0, 0.05) is 48.5 Å². The van der Waals surface area contributed by atoms with Crippen molar-refractivity contribution in [2.45, 2.75) is 82.4 Å². The van der Waals surface area contributed by atoms with Crippen molar-refractivity contribution in [1.29, 1.82) is 0 Å². The van der Waals surface area contributed by atoms with Crippen LogP contribution in [0.15, 0.2) is 74.6 Å². The molecule has 0 spiro atoms. The molecule has 0 aliphatic carbocycles. The maximum Gasteiger partial charge on any atom is 0.508 e. The van der Waals surface area contributed by atoms with E-state index < -0.39 is 91.5 Å². The average molecular weight is 834 g/mol. The van der Waals surface area contributed by atoms with Gasteiger partial charge in [-0.15, -0.1) is 0 Å². The lowest BCUT2D eigenvalue weighted by Gasteiger charge is -2.31. The Morgan fingerprint density at radius 2 is 1.53 bits per heavy atom. The lowest BCUT2D eigenvalue weighted by Crippen LogP contribution is -2.38. The maximum atomic E-state index is 13.5. The number of benzene rings is 1. The summed E-state index contributed by atoms with van der Waals surface area (Å²) in [7, 11) is 0. The summed E-state index contributed by atoms with van der Waals surface area (Å²) in [5, 5.41) is 10.3. The largest absolute Gasteiger partial charge is 0.508 e. The van der Waals surface area contributed by atoms with Gasteiger partial charge in [-0.3, -0.25) is 33.5 Å². The molecule has 6 rings (SSSR count). The van der Waals surface area contributed by atoms with E-state index in [1.807, 2.05) is 6.07 Å². The van der Waals surface area contributed by atoms with E-state index in [1.54, 1.807) is 29.2 Å². The number of aryl methyl sites for hydroxylation is 2. The zero-order valence-corrected chi connectivity index (χ0v) is 32.9. The third kappa shape index (κ3) is 9.96. The number of likely N-dealkylation sites (tertiary alicyclic amines) is 1. The lowest BCUT2D eigenvalue weighted by atomic mass is 10.2. The molecule has 3 aliphatic rings. The van der Waals surface area contributed by atoms with Crippen molar-refractivity contribution in [2.24, 2.45) is 0 Å². The van der Waals surface area contributed by atoms with E-state index in [2.05, 4.69) is 16.5 Å². The zero-order valence-electron chi connectivity index (χ0n) is 31.2. The number of rotatable bonds is 15. The van der Waals surface area contributed by atoms with Gasteiger partial charge in [-0.2, -0.15) is 0 Å². The Kier molecular flexibility index (Phi) is 13.6. The number of amides is 1. The Balaban J connectivity index is 1.25. The van der Waals surface area contributed by atoms with E-state index in [0.717, 1.165) is 4.57 Å². The number of aliphatic hydroxyl groups is 1. The molecule has 5 unspecified atom stereocenters. The highest BCUT2D eigenvalue weighted by atomic mass is 32.5. The third-order valence-corrected chi connectivity index (χ3v) is 12.1. The van der Waals surface area contributed by atoms with Gasteiger partial charge in [0.2, 0.25) is 0 Å². The van der Waals surface area contributed by atoms with E-state index in [0.29, 0.717) is 24.9 Å². The number of aromatic nitrogens is 4. The maximum absolute atomic E-state index is 13.5. The number of aromatic amines is 2. The summed E-state index contributed by atoms with van der Waals surface area (Å²) < 4.78 is 44.0. The van der Waals surface area contributed by atoms with Gasteiger partial charge in [-0.1, -0.05) is 30.9 Å². The predicted octanol–water partition coefficient (Wildman–Crippen LogP) is 1.93.